The summed E-state index contributed by atoms with van der Waals surface area (Å²) in [5.74, 6) is -2.93. The van der Waals surface area contributed by atoms with Crippen LogP contribution in [0.4, 0.5) is 13.2 Å². The van der Waals surface area contributed by atoms with Gasteiger partial charge in [0.15, 0.2) is 0 Å². The molecule has 29 heavy (non-hydrogen) atoms. The molecule has 0 N–H and O–H groups in total. The van der Waals surface area contributed by atoms with Crippen molar-refractivity contribution in [2.75, 3.05) is 0 Å². The van der Waals surface area contributed by atoms with Gasteiger partial charge in [-0.2, -0.15) is 0 Å². The van der Waals surface area contributed by atoms with Crippen LogP contribution < -0.4 is 0 Å². The second kappa shape index (κ2) is 10.7. The number of allylic oxidation sites excluding steroid dienone is 6. The summed E-state index contributed by atoms with van der Waals surface area (Å²) in [5, 5.41) is 0. The van der Waals surface area contributed by atoms with Crippen LogP contribution in [0.15, 0.2) is 79.4 Å². The fourth-order valence-corrected chi connectivity index (χ4v) is 2.55. The van der Waals surface area contributed by atoms with E-state index >= 15 is 0 Å². The molecule has 2 aromatic carbocycles. The Hall–Kier alpha value is -2.81. The van der Waals surface area contributed by atoms with Crippen molar-refractivity contribution in [3.63, 3.8) is 0 Å². The minimum Gasteiger partial charge on any atom is -0.206 e. The minimum atomic E-state index is -2.72. The third-order valence-corrected chi connectivity index (χ3v) is 4.46. The average Bonchev–Trinajstić information content (AvgIpc) is 2.65. The van der Waals surface area contributed by atoms with Crippen molar-refractivity contribution < 1.29 is 13.2 Å². The van der Waals surface area contributed by atoms with Crippen LogP contribution in [-0.2, 0) is 5.92 Å². The Kier molecular flexibility index (Phi) is 8.90. The molecule has 0 aliphatic rings. The van der Waals surface area contributed by atoms with Crippen LogP contribution in [0.1, 0.15) is 49.9 Å². The summed E-state index contributed by atoms with van der Waals surface area (Å²) in [6.07, 6.45) is 5.48. The van der Waals surface area contributed by atoms with Gasteiger partial charge in [0.05, 0.1) is 0 Å². The lowest BCUT2D eigenvalue weighted by Gasteiger charge is -2.10. The highest BCUT2D eigenvalue weighted by Gasteiger charge is 2.23. The fraction of sp³-hybridized carbons (Fsp3) is 0.231. The topological polar surface area (TPSA) is 0 Å². The lowest BCUT2D eigenvalue weighted by Crippen LogP contribution is -2.06. The Morgan fingerprint density at radius 3 is 2.14 bits per heavy atom. The zero-order valence-electron chi connectivity index (χ0n) is 17.8. The standard InChI is InChI=1S/C17H19F.C9H10F2/c1-6-7-8-13(4)14(5)16-10-9-15(12(2)3)11-17(16)18;1-7-4-3-5-8(6-7)9(2,10)11/h6-11H,1-2H2,3-5H3;3-6H,1-2H3/b8-7-,14-13+;. The van der Waals surface area contributed by atoms with Crippen molar-refractivity contribution in [2.45, 2.75) is 40.5 Å². The Morgan fingerprint density at radius 1 is 1.03 bits per heavy atom. The number of aryl methyl sites for hydroxylation is 1. The Labute approximate surface area is 172 Å². The van der Waals surface area contributed by atoms with Crippen molar-refractivity contribution in [1.82, 2.24) is 0 Å². The summed E-state index contributed by atoms with van der Waals surface area (Å²) in [6, 6.07) is 11.6. The van der Waals surface area contributed by atoms with Crippen molar-refractivity contribution in [3.8, 4) is 0 Å². The van der Waals surface area contributed by atoms with Gasteiger partial charge in [-0.05, 0) is 50.5 Å². The molecule has 0 saturated carbocycles. The third kappa shape index (κ3) is 7.61. The summed E-state index contributed by atoms with van der Waals surface area (Å²) in [4.78, 5) is 0. The van der Waals surface area contributed by atoms with E-state index in [2.05, 4.69) is 13.2 Å². The molecule has 0 bridgehead atoms. The first kappa shape index (κ1) is 24.2. The molecule has 0 spiro atoms. The molecule has 2 rings (SSSR count). The maximum absolute atomic E-state index is 14.0. The summed E-state index contributed by atoms with van der Waals surface area (Å²) >= 11 is 0. The molecule has 0 radical (unpaired) electrons. The van der Waals surface area contributed by atoms with Crippen molar-refractivity contribution >= 4 is 11.1 Å². The number of benzene rings is 2. The van der Waals surface area contributed by atoms with E-state index in [0.29, 0.717) is 5.56 Å². The lowest BCUT2D eigenvalue weighted by molar-refractivity contribution is 0.0174. The van der Waals surface area contributed by atoms with E-state index in [4.69, 9.17) is 0 Å². The molecule has 0 amide bonds. The first-order valence-electron chi connectivity index (χ1n) is 9.34. The first-order valence-corrected chi connectivity index (χ1v) is 9.34. The van der Waals surface area contributed by atoms with Gasteiger partial charge in [0.1, 0.15) is 5.82 Å². The van der Waals surface area contributed by atoms with Crippen LogP contribution in [0.2, 0.25) is 0 Å². The van der Waals surface area contributed by atoms with Gasteiger partial charge in [0, 0.05) is 18.1 Å². The fourth-order valence-electron chi connectivity index (χ4n) is 2.55. The molecule has 0 saturated heterocycles. The van der Waals surface area contributed by atoms with Gasteiger partial charge in [-0.1, -0.05) is 78.9 Å². The van der Waals surface area contributed by atoms with Crippen LogP contribution in [-0.4, -0.2) is 0 Å². The summed E-state index contributed by atoms with van der Waals surface area (Å²) in [7, 11) is 0. The molecule has 0 atom stereocenters. The smallest absolute Gasteiger partial charge is 0.206 e. The molecular formula is C26H29F3. The van der Waals surface area contributed by atoms with E-state index in [9.17, 15) is 13.2 Å². The van der Waals surface area contributed by atoms with Gasteiger partial charge in [-0.15, -0.1) is 0 Å². The number of rotatable bonds is 5. The summed E-state index contributed by atoms with van der Waals surface area (Å²) < 4.78 is 39.3. The van der Waals surface area contributed by atoms with E-state index in [-0.39, 0.29) is 11.4 Å². The van der Waals surface area contributed by atoms with Crippen molar-refractivity contribution in [2.24, 2.45) is 0 Å². The largest absolute Gasteiger partial charge is 0.270 e. The Balaban J connectivity index is 0.000000326. The highest BCUT2D eigenvalue weighted by Crippen LogP contribution is 2.27. The summed E-state index contributed by atoms with van der Waals surface area (Å²) in [5.41, 5.74) is 5.23. The van der Waals surface area contributed by atoms with E-state index in [1.807, 2.05) is 39.0 Å². The number of hydrogen-bond acceptors (Lipinski definition) is 0. The highest BCUT2D eigenvalue weighted by molar-refractivity contribution is 5.71. The lowest BCUT2D eigenvalue weighted by atomic mass is 9.98. The molecular weight excluding hydrogens is 369 g/mol. The first-order chi connectivity index (χ1) is 13.5. The Bertz CT molecular complexity index is 925. The molecule has 0 aliphatic carbocycles. The molecule has 0 aliphatic heterocycles. The van der Waals surface area contributed by atoms with Gasteiger partial charge in [0.25, 0.3) is 5.92 Å². The number of halogens is 3. The van der Waals surface area contributed by atoms with Gasteiger partial charge in [0.2, 0.25) is 0 Å². The molecule has 154 valence electrons. The highest BCUT2D eigenvalue weighted by atomic mass is 19.3. The van der Waals surface area contributed by atoms with E-state index < -0.39 is 5.92 Å². The molecule has 3 heteroatoms. The second-order valence-electron chi connectivity index (χ2n) is 7.14. The monoisotopic (exact) mass is 398 g/mol. The molecule has 0 fully saturated rings. The maximum Gasteiger partial charge on any atom is 0.270 e. The van der Waals surface area contributed by atoms with Crippen LogP contribution in [0.3, 0.4) is 0 Å². The molecule has 0 unspecified atom stereocenters. The zero-order chi connectivity index (χ0) is 22.2. The van der Waals surface area contributed by atoms with Gasteiger partial charge in [-0.3, -0.25) is 0 Å². The quantitative estimate of drug-likeness (QED) is 0.443. The minimum absolute atomic E-state index is 0.0810. The zero-order valence-corrected chi connectivity index (χ0v) is 17.8. The molecule has 0 nitrogen and oxygen atoms in total. The van der Waals surface area contributed by atoms with Gasteiger partial charge < -0.3 is 0 Å². The van der Waals surface area contributed by atoms with E-state index in [1.165, 1.54) is 18.2 Å². The van der Waals surface area contributed by atoms with Crippen LogP contribution in [0, 0.1) is 12.7 Å². The van der Waals surface area contributed by atoms with Crippen molar-refractivity contribution in [3.05, 3.63) is 107 Å². The van der Waals surface area contributed by atoms with Crippen molar-refractivity contribution in [1.29, 1.82) is 0 Å². The average molecular weight is 399 g/mol. The van der Waals surface area contributed by atoms with Crippen LogP contribution >= 0.6 is 0 Å². The summed E-state index contributed by atoms with van der Waals surface area (Å²) in [6.45, 7) is 15.9. The molecule has 2 aromatic rings. The Morgan fingerprint density at radius 2 is 1.69 bits per heavy atom. The normalized spacial score (nSPS) is 12.1. The predicted molar refractivity (Wildman–Crippen MR) is 119 cm³/mol. The third-order valence-electron chi connectivity index (χ3n) is 4.46. The maximum atomic E-state index is 14.0. The molecule has 0 heterocycles. The molecule has 0 aromatic heterocycles. The van der Waals surface area contributed by atoms with E-state index in [1.54, 1.807) is 31.2 Å². The van der Waals surface area contributed by atoms with E-state index in [0.717, 1.165) is 34.8 Å². The van der Waals surface area contributed by atoms with Gasteiger partial charge >= 0.3 is 0 Å². The predicted octanol–water partition coefficient (Wildman–Crippen LogP) is 8.50. The van der Waals surface area contributed by atoms with Gasteiger partial charge in [-0.25, -0.2) is 13.2 Å². The SMILES string of the molecule is C=C/C=C\C(C)=C(/C)c1ccc(C(=C)C)cc1F.Cc1cccc(C(C)(F)F)c1. The van der Waals surface area contributed by atoms with Crippen LogP contribution in [0.5, 0.6) is 0 Å². The number of alkyl halides is 2. The number of hydrogen-bond donors (Lipinski definition) is 0. The second-order valence-corrected chi connectivity index (χ2v) is 7.14. The van der Waals surface area contributed by atoms with Crippen LogP contribution in [0.25, 0.3) is 11.1 Å².